The summed E-state index contributed by atoms with van der Waals surface area (Å²) in [5.41, 5.74) is 1.14. The van der Waals surface area contributed by atoms with Crippen molar-refractivity contribution in [3.63, 3.8) is 0 Å². The van der Waals surface area contributed by atoms with Crippen molar-refractivity contribution < 1.29 is 4.39 Å². The summed E-state index contributed by atoms with van der Waals surface area (Å²) in [5, 5.41) is 7.03. The molecule has 0 aliphatic rings. The number of aromatic nitrogens is 1. The standard InChI is InChI=1S/C10H11FN2/c1-2-3-4-8-5-6-10(11)13-9(8)7-12/h3-7,12H,2H2,1H3/b4-3-,12-7?. The summed E-state index contributed by atoms with van der Waals surface area (Å²) in [6.07, 6.45) is 5.75. The van der Waals surface area contributed by atoms with Gasteiger partial charge in [-0.1, -0.05) is 19.1 Å². The fraction of sp³-hybridized carbons (Fsp3) is 0.200. The molecule has 0 fully saturated rings. The van der Waals surface area contributed by atoms with Crippen LogP contribution < -0.4 is 0 Å². The van der Waals surface area contributed by atoms with E-state index in [1.807, 2.05) is 19.1 Å². The summed E-state index contributed by atoms with van der Waals surface area (Å²) in [5.74, 6) is -0.549. The summed E-state index contributed by atoms with van der Waals surface area (Å²) in [7, 11) is 0. The molecule has 0 aromatic carbocycles. The summed E-state index contributed by atoms with van der Waals surface area (Å²) in [4.78, 5) is 3.58. The van der Waals surface area contributed by atoms with Crippen LogP contribution >= 0.6 is 0 Å². The lowest BCUT2D eigenvalue weighted by Crippen LogP contribution is -1.94. The molecule has 68 valence electrons. The van der Waals surface area contributed by atoms with Crippen LogP contribution in [0.15, 0.2) is 18.2 Å². The smallest absolute Gasteiger partial charge is 0.213 e. The molecule has 0 radical (unpaired) electrons. The Balaban J connectivity index is 3.06. The second-order valence-electron chi connectivity index (χ2n) is 2.56. The lowest BCUT2D eigenvalue weighted by atomic mass is 10.2. The number of nitrogens with zero attached hydrogens (tertiary/aromatic N) is 1. The average Bonchev–Trinajstić information content (AvgIpc) is 2.16. The molecule has 3 heteroatoms. The van der Waals surface area contributed by atoms with E-state index in [1.165, 1.54) is 6.07 Å². The molecule has 0 amide bonds. The predicted molar refractivity (Wildman–Crippen MR) is 51.4 cm³/mol. The minimum absolute atomic E-state index is 0.365. The molecule has 1 N–H and O–H groups in total. The first-order valence-corrected chi connectivity index (χ1v) is 4.11. The van der Waals surface area contributed by atoms with Gasteiger partial charge in [0.15, 0.2) is 0 Å². The number of hydrogen-bond donors (Lipinski definition) is 1. The lowest BCUT2D eigenvalue weighted by molar-refractivity contribution is 0.583. The van der Waals surface area contributed by atoms with Gasteiger partial charge in [-0.05, 0) is 18.6 Å². The summed E-state index contributed by atoms with van der Waals surface area (Å²) >= 11 is 0. The van der Waals surface area contributed by atoms with Crippen LogP contribution in [0.5, 0.6) is 0 Å². The van der Waals surface area contributed by atoms with Gasteiger partial charge in [-0.15, -0.1) is 0 Å². The Kier molecular flexibility index (Phi) is 3.31. The zero-order valence-electron chi connectivity index (χ0n) is 7.42. The highest BCUT2D eigenvalue weighted by molar-refractivity contribution is 5.80. The number of pyridine rings is 1. The molecule has 1 aromatic heterocycles. The van der Waals surface area contributed by atoms with Gasteiger partial charge in [-0.3, -0.25) is 0 Å². The van der Waals surface area contributed by atoms with Crippen molar-refractivity contribution >= 4 is 12.3 Å². The van der Waals surface area contributed by atoms with E-state index in [2.05, 4.69) is 4.98 Å². The maximum absolute atomic E-state index is 12.6. The molecule has 1 heterocycles. The second kappa shape index (κ2) is 4.50. The lowest BCUT2D eigenvalue weighted by Gasteiger charge is -1.98. The van der Waals surface area contributed by atoms with Crippen LogP contribution in [0, 0.1) is 11.4 Å². The highest BCUT2D eigenvalue weighted by atomic mass is 19.1. The van der Waals surface area contributed by atoms with Crippen molar-refractivity contribution in [3.05, 3.63) is 35.4 Å². The quantitative estimate of drug-likeness (QED) is 0.560. The molecule has 0 unspecified atom stereocenters. The van der Waals surface area contributed by atoms with Crippen LogP contribution in [0.4, 0.5) is 4.39 Å². The molecule has 0 aliphatic carbocycles. The molecular formula is C10H11FN2. The average molecular weight is 178 g/mol. The van der Waals surface area contributed by atoms with Crippen molar-refractivity contribution in [2.75, 3.05) is 0 Å². The van der Waals surface area contributed by atoms with E-state index >= 15 is 0 Å². The number of nitrogens with one attached hydrogen (secondary N) is 1. The molecule has 1 aromatic rings. The van der Waals surface area contributed by atoms with Crippen LogP contribution in [0.25, 0.3) is 6.08 Å². The molecule has 0 bridgehead atoms. The minimum Gasteiger partial charge on any atom is -0.306 e. The molecule has 2 nitrogen and oxygen atoms in total. The minimum atomic E-state index is -0.549. The van der Waals surface area contributed by atoms with E-state index in [4.69, 9.17) is 5.41 Å². The van der Waals surface area contributed by atoms with E-state index < -0.39 is 5.95 Å². The van der Waals surface area contributed by atoms with Crippen LogP contribution in [-0.2, 0) is 0 Å². The van der Waals surface area contributed by atoms with Gasteiger partial charge in [0.1, 0.15) is 0 Å². The van der Waals surface area contributed by atoms with Crippen LogP contribution in [0.2, 0.25) is 0 Å². The zero-order valence-corrected chi connectivity index (χ0v) is 7.42. The number of rotatable bonds is 3. The zero-order chi connectivity index (χ0) is 9.68. The Morgan fingerprint density at radius 2 is 2.31 bits per heavy atom. The summed E-state index contributed by atoms with van der Waals surface area (Å²) in [6, 6.07) is 2.91. The molecule has 0 saturated carbocycles. The molecule has 1 rings (SSSR count). The first-order chi connectivity index (χ1) is 6.27. The van der Waals surface area contributed by atoms with E-state index in [1.54, 1.807) is 6.07 Å². The Hall–Kier alpha value is -1.51. The fourth-order valence-corrected chi connectivity index (χ4v) is 0.962. The van der Waals surface area contributed by atoms with Crippen molar-refractivity contribution in [2.24, 2.45) is 0 Å². The highest BCUT2D eigenvalue weighted by Crippen LogP contribution is 2.07. The maximum atomic E-state index is 12.6. The molecule has 0 atom stereocenters. The van der Waals surface area contributed by atoms with Gasteiger partial charge >= 0.3 is 0 Å². The van der Waals surface area contributed by atoms with E-state index in [0.29, 0.717) is 5.69 Å². The third kappa shape index (κ3) is 2.47. The number of allylic oxidation sites excluding steroid dienone is 1. The van der Waals surface area contributed by atoms with Crippen LogP contribution in [0.3, 0.4) is 0 Å². The maximum Gasteiger partial charge on any atom is 0.213 e. The largest absolute Gasteiger partial charge is 0.306 e. The summed E-state index contributed by atoms with van der Waals surface area (Å²) < 4.78 is 12.6. The molecule has 0 aliphatic heterocycles. The molecule has 0 spiro atoms. The van der Waals surface area contributed by atoms with Gasteiger partial charge in [-0.2, -0.15) is 4.39 Å². The number of hydrogen-bond acceptors (Lipinski definition) is 2. The monoisotopic (exact) mass is 178 g/mol. The first kappa shape index (κ1) is 9.58. The van der Waals surface area contributed by atoms with Crippen LogP contribution in [0.1, 0.15) is 24.6 Å². The Labute approximate surface area is 76.6 Å². The van der Waals surface area contributed by atoms with Gasteiger partial charge in [0.05, 0.1) is 5.69 Å². The molecule has 0 saturated heterocycles. The van der Waals surface area contributed by atoms with Crippen molar-refractivity contribution in [1.29, 1.82) is 5.41 Å². The SMILES string of the molecule is CC/C=C\c1ccc(F)nc1C=N. The normalized spacial score (nSPS) is 10.6. The van der Waals surface area contributed by atoms with E-state index in [0.717, 1.165) is 18.2 Å². The Morgan fingerprint density at radius 3 is 2.92 bits per heavy atom. The Bertz CT molecular complexity index is 332. The fourth-order valence-electron chi connectivity index (χ4n) is 0.962. The van der Waals surface area contributed by atoms with Crippen LogP contribution in [-0.4, -0.2) is 11.2 Å². The second-order valence-corrected chi connectivity index (χ2v) is 2.56. The third-order valence-corrected chi connectivity index (χ3v) is 1.59. The first-order valence-electron chi connectivity index (χ1n) is 4.11. The molecular weight excluding hydrogens is 167 g/mol. The van der Waals surface area contributed by atoms with Crippen molar-refractivity contribution in [1.82, 2.24) is 4.98 Å². The van der Waals surface area contributed by atoms with E-state index in [-0.39, 0.29) is 0 Å². The highest BCUT2D eigenvalue weighted by Gasteiger charge is 1.99. The topological polar surface area (TPSA) is 36.7 Å². The van der Waals surface area contributed by atoms with Gasteiger partial charge in [0.2, 0.25) is 5.95 Å². The van der Waals surface area contributed by atoms with Gasteiger partial charge in [-0.25, -0.2) is 4.98 Å². The Morgan fingerprint density at radius 1 is 1.54 bits per heavy atom. The van der Waals surface area contributed by atoms with Gasteiger partial charge in [0, 0.05) is 11.8 Å². The van der Waals surface area contributed by atoms with Gasteiger partial charge in [0.25, 0.3) is 0 Å². The predicted octanol–water partition coefficient (Wildman–Crippen LogP) is 2.64. The van der Waals surface area contributed by atoms with Crippen molar-refractivity contribution in [3.8, 4) is 0 Å². The molecule has 13 heavy (non-hydrogen) atoms. The van der Waals surface area contributed by atoms with Crippen molar-refractivity contribution in [2.45, 2.75) is 13.3 Å². The van der Waals surface area contributed by atoms with Gasteiger partial charge < -0.3 is 5.41 Å². The summed E-state index contributed by atoms with van der Waals surface area (Å²) in [6.45, 7) is 2.01. The van der Waals surface area contributed by atoms with E-state index in [9.17, 15) is 4.39 Å². The third-order valence-electron chi connectivity index (χ3n) is 1.59. The number of halogens is 1.